The Morgan fingerprint density at radius 2 is 1.79 bits per heavy atom. The van der Waals surface area contributed by atoms with Crippen molar-refractivity contribution >= 4 is 11.6 Å². The van der Waals surface area contributed by atoms with Crippen molar-refractivity contribution in [2.24, 2.45) is 0 Å². The molecule has 2 aromatic carbocycles. The zero-order chi connectivity index (χ0) is 17.3. The monoisotopic (exact) mass is 337 g/mol. The zero-order valence-electron chi connectivity index (χ0n) is 12.3. The van der Waals surface area contributed by atoms with E-state index in [1.807, 2.05) is 19.1 Å². The Balaban J connectivity index is 2.04. The van der Waals surface area contributed by atoms with Gasteiger partial charge in [-0.15, -0.1) is 0 Å². The van der Waals surface area contributed by atoms with Crippen molar-refractivity contribution < 1.29 is 17.6 Å². The van der Waals surface area contributed by atoms with Crippen molar-refractivity contribution in [2.75, 3.05) is 5.32 Å². The molecule has 0 unspecified atom stereocenters. The van der Waals surface area contributed by atoms with Crippen LogP contribution < -0.4 is 5.32 Å². The van der Waals surface area contributed by atoms with Gasteiger partial charge in [-0.25, -0.2) is 4.39 Å². The highest BCUT2D eigenvalue weighted by molar-refractivity contribution is 5.59. The topological polar surface area (TPSA) is 55.6 Å². The van der Waals surface area contributed by atoms with E-state index in [1.54, 1.807) is 12.1 Å². The third-order valence-electron chi connectivity index (χ3n) is 3.37. The first-order chi connectivity index (χ1) is 11.4. The van der Waals surface area contributed by atoms with E-state index in [4.69, 9.17) is 0 Å². The summed E-state index contributed by atoms with van der Waals surface area (Å²) in [6.45, 7) is 1.83. The van der Waals surface area contributed by atoms with Crippen LogP contribution in [-0.4, -0.2) is 20.2 Å². The lowest BCUT2D eigenvalue weighted by Gasteiger charge is -2.13. The van der Waals surface area contributed by atoms with E-state index in [1.165, 1.54) is 6.07 Å². The van der Waals surface area contributed by atoms with Gasteiger partial charge >= 0.3 is 6.18 Å². The summed E-state index contributed by atoms with van der Waals surface area (Å²) >= 11 is 0. The summed E-state index contributed by atoms with van der Waals surface area (Å²) in [6.07, 6.45) is -4.81. The van der Waals surface area contributed by atoms with Crippen molar-refractivity contribution in [2.45, 2.75) is 13.1 Å². The van der Waals surface area contributed by atoms with Crippen LogP contribution in [-0.2, 0) is 6.18 Å². The van der Waals surface area contributed by atoms with Gasteiger partial charge in [0.2, 0.25) is 0 Å². The predicted molar refractivity (Wildman–Crippen MR) is 78.6 cm³/mol. The molecule has 3 aromatic rings. The maximum absolute atomic E-state index is 14.3. The number of hydrogen-bond acceptors (Lipinski definition) is 4. The molecular weight excluding hydrogens is 326 g/mol. The van der Waals surface area contributed by atoms with Gasteiger partial charge in [0.1, 0.15) is 5.69 Å². The lowest BCUT2D eigenvalue weighted by atomic mass is 10.2. The summed E-state index contributed by atoms with van der Waals surface area (Å²) in [4.78, 5) is 0. The molecule has 0 aliphatic carbocycles. The van der Waals surface area contributed by atoms with Gasteiger partial charge in [-0.05, 0) is 41.1 Å². The fourth-order valence-electron chi connectivity index (χ4n) is 2.16. The molecule has 1 aromatic heterocycles. The van der Waals surface area contributed by atoms with Gasteiger partial charge in [0.15, 0.2) is 5.82 Å². The molecule has 0 radical (unpaired) electrons. The Bertz CT molecular complexity index is 872. The van der Waals surface area contributed by atoms with Gasteiger partial charge in [-0.2, -0.15) is 17.9 Å². The quantitative estimate of drug-likeness (QED) is 0.737. The average Bonchev–Trinajstić information content (AvgIpc) is 2.96. The van der Waals surface area contributed by atoms with E-state index >= 15 is 0 Å². The summed E-state index contributed by atoms with van der Waals surface area (Å²) in [5, 5.41) is 13.6. The molecule has 1 heterocycles. The molecule has 0 amide bonds. The SMILES string of the molecule is Cc1ccccc1Nc1nnnn1-c1cccc(C(F)(F)F)c1F. The molecule has 0 atom stereocenters. The number of alkyl halides is 3. The number of aryl methyl sites for hydroxylation is 1. The lowest BCUT2D eigenvalue weighted by Crippen LogP contribution is -2.12. The van der Waals surface area contributed by atoms with Crippen LogP contribution in [0.25, 0.3) is 5.69 Å². The van der Waals surface area contributed by atoms with Crippen LogP contribution in [0.5, 0.6) is 0 Å². The van der Waals surface area contributed by atoms with Crippen molar-refractivity contribution in [3.63, 3.8) is 0 Å². The van der Waals surface area contributed by atoms with Crippen LogP contribution in [0.3, 0.4) is 0 Å². The Morgan fingerprint density at radius 1 is 1.04 bits per heavy atom. The lowest BCUT2D eigenvalue weighted by molar-refractivity contribution is -0.140. The molecule has 0 fully saturated rings. The third kappa shape index (κ3) is 2.92. The summed E-state index contributed by atoms with van der Waals surface area (Å²) in [5.41, 5.74) is -0.249. The fraction of sp³-hybridized carbons (Fsp3) is 0.133. The van der Waals surface area contributed by atoms with Gasteiger partial charge in [0.25, 0.3) is 5.95 Å². The highest BCUT2D eigenvalue weighted by Crippen LogP contribution is 2.33. The molecule has 0 spiro atoms. The van der Waals surface area contributed by atoms with Crippen molar-refractivity contribution in [3.05, 3.63) is 59.4 Å². The molecule has 3 rings (SSSR count). The van der Waals surface area contributed by atoms with E-state index in [0.29, 0.717) is 11.8 Å². The van der Waals surface area contributed by atoms with Crippen LogP contribution in [0.2, 0.25) is 0 Å². The van der Waals surface area contributed by atoms with Crippen LogP contribution in [0.4, 0.5) is 29.2 Å². The first kappa shape index (κ1) is 15.9. The van der Waals surface area contributed by atoms with Crippen molar-refractivity contribution in [3.8, 4) is 5.69 Å². The average molecular weight is 337 g/mol. The molecule has 24 heavy (non-hydrogen) atoms. The van der Waals surface area contributed by atoms with E-state index in [0.717, 1.165) is 16.3 Å². The number of aromatic nitrogens is 4. The van der Waals surface area contributed by atoms with Crippen LogP contribution >= 0.6 is 0 Å². The van der Waals surface area contributed by atoms with E-state index in [-0.39, 0.29) is 5.95 Å². The minimum absolute atomic E-state index is 0.00234. The molecule has 1 N–H and O–H groups in total. The summed E-state index contributed by atoms with van der Waals surface area (Å²) in [7, 11) is 0. The normalized spacial score (nSPS) is 11.5. The van der Waals surface area contributed by atoms with E-state index in [9.17, 15) is 17.6 Å². The standard InChI is InChI=1S/C15H11F4N5/c1-9-5-2-3-7-11(9)20-14-21-22-23-24(14)12-8-4-6-10(13(12)16)15(17,18)19/h2-8H,1H3,(H,20,21,23). The van der Waals surface area contributed by atoms with Crippen LogP contribution in [0.15, 0.2) is 42.5 Å². The largest absolute Gasteiger partial charge is 0.419 e. The zero-order valence-corrected chi connectivity index (χ0v) is 12.3. The van der Waals surface area contributed by atoms with Crippen LogP contribution in [0, 0.1) is 12.7 Å². The van der Waals surface area contributed by atoms with Crippen molar-refractivity contribution in [1.82, 2.24) is 20.2 Å². The number of halogens is 4. The molecule has 124 valence electrons. The molecule has 0 saturated heterocycles. The van der Waals surface area contributed by atoms with Gasteiger partial charge < -0.3 is 5.32 Å². The Labute approximate surface area is 133 Å². The minimum atomic E-state index is -4.81. The smallest absolute Gasteiger partial charge is 0.322 e. The molecule has 0 saturated carbocycles. The Hall–Kier alpha value is -2.97. The number of rotatable bonds is 3. The molecule has 9 heteroatoms. The number of hydrogen-bond donors (Lipinski definition) is 1. The summed E-state index contributed by atoms with van der Waals surface area (Å²) in [5.74, 6) is -1.44. The number of para-hydroxylation sites is 1. The second-order valence-electron chi connectivity index (χ2n) is 4.99. The van der Waals surface area contributed by atoms with Gasteiger partial charge in [-0.3, -0.25) is 0 Å². The Kier molecular flexibility index (Phi) is 3.92. The van der Waals surface area contributed by atoms with E-state index in [2.05, 4.69) is 20.8 Å². The number of tetrazole rings is 1. The molecule has 5 nitrogen and oxygen atoms in total. The fourth-order valence-corrected chi connectivity index (χ4v) is 2.16. The number of anilines is 2. The number of nitrogens with one attached hydrogen (secondary N) is 1. The first-order valence-electron chi connectivity index (χ1n) is 6.85. The molecular formula is C15H11F4N5. The third-order valence-corrected chi connectivity index (χ3v) is 3.37. The molecule has 0 aliphatic rings. The van der Waals surface area contributed by atoms with Gasteiger partial charge in [0, 0.05) is 5.69 Å². The number of benzene rings is 2. The second kappa shape index (κ2) is 5.91. The van der Waals surface area contributed by atoms with E-state index < -0.39 is 23.2 Å². The maximum Gasteiger partial charge on any atom is 0.419 e. The highest BCUT2D eigenvalue weighted by Gasteiger charge is 2.35. The van der Waals surface area contributed by atoms with Gasteiger partial charge in [0.05, 0.1) is 5.56 Å². The second-order valence-corrected chi connectivity index (χ2v) is 4.99. The first-order valence-corrected chi connectivity index (χ1v) is 6.85. The Morgan fingerprint density at radius 3 is 2.50 bits per heavy atom. The maximum atomic E-state index is 14.3. The summed E-state index contributed by atoms with van der Waals surface area (Å²) in [6, 6.07) is 10.1. The molecule has 0 aliphatic heterocycles. The minimum Gasteiger partial charge on any atom is -0.322 e. The van der Waals surface area contributed by atoms with Gasteiger partial charge in [-0.1, -0.05) is 29.4 Å². The summed E-state index contributed by atoms with van der Waals surface area (Å²) < 4.78 is 53.7. The number of nitrogens with zero attached hydrogens (tertiary/aromatic N) is 4. The van der Waals surface area contributed by atoms with Crippen molar-refractivity contribution in [1.29, 1.82) is 0 Å². The predicted octanol–water partition coefficient (Wildman–Crippen LogP) is 3.87. The molecule has 0 bridgehead atoms. The van der Waals surface area contributed by atoms with Crippen LogP contribution in [0.1, 0.15) is 11.1 Å². The highest BCUT2D eigenvalue weighted by atomic mass is 19.4.